The predicted molar refractivity (Wildman–Crippen MR) is 113 cm³/mol. The van der Waals surface area contributed by atoms with Gasteiger partial charge in [-0.25, -0.2) is 4.79 Å². The molecule has 2 heterocycles. The Labute approximate surface area is 177 Å². The van der Waals surface area contributed by atoms with Gasteiger partial charge in [0.15, 0.2) is 0 Å². The SMILES string of the molecule is COC(=O)c1ccc2c(c1)OCCc1cc(C(=O)NCc3ccccc3Cl)sc1-2. The maximum absolute atomic E-state index is 12.7. The third-order valence-electron chi connectivity index (χ3n) is 4.71. The second-order valence-corrected chi connectivity index (χ2v) is 8.00. The quantitative estimate of drug-likeness (QED) is 0.612. The van der Waals surface area contributed by atoms with E-state index in [0.717, 1.165) is 21.6 Å². The number of ether oxygens (including phenoxy) is 2. The molecule has 0 fully saturated rings. The fraction of sp³-hybridized carbons (Fsp3) is 0.182. The number of benzene rings is 2. The van der Waals surface area contributed by atoms with E-state index in [1.54, 1.807) is 18.2 Å². The molecule has 0 spiro atoms. The first-order chi connectivity index (χ1) is 14.1. The van der Waals surface area contributed by atoms with E-state index in [0.29, 0.717) is 40.8 Å². The molecule has 0 saturated heterocycles. The highest BCUT2D eigenvalue weighted by Gasteiger charge is 2.22. The molecule has 0 unspecified atom stereocenters. The zero-order valence-corrected chi connectivity index (χ0v) is 17.2. The van der Waals surface area contributed by atoms with Crippen LogP contribution in [0.1, 0.15) is 31.2 Å². The maximum atomic E-state index is 12.7. The molecule has 148 valence electrons. The van der Waals surface area contributed by atoms with Gasteiger partial charge in [0.2, 0.25) is 0 Å². The molecule has 1 aromatic heterocycles. The summed E-state index contributed by atoms with van der Waals surface area (Å²) in [5.41, 5.74) is 3.24. The third-order valence-corrected chi connectivity index (χ3v) is 6.28. The number of esters is 1. The minimum atomic E-state index is -0.410. The van der Waals surface area contributed by atoms with Crippen molar-refractivity contribution in [1.29, 1.82) is 0 Å². The topological polar surface area (TPSA) is 64.6 Å². The fourth-order valence-corrected chi connectivity index (χ4v) is 4.56. The summed E-state index contributed by atoms with van der Waals surface area (Å²) in [7, 11) is 1.35. The number of thiophene rings is 1. The number of nitrogens with one attached hydrogen (secondary N) is 1. The molecule has 3 aromatic rings. The van der Waals surface area contributed by atoms with E-state index in [1.165, 1.54) is 18.4 Å². The predicted octanol–water partition coefficient (Wildman–Crippen LogP) is 4.72. The summed E-state index contributed by atoms with van der Waals surface area (Å²) in [6.45, 7) is 0.839. The molecule has 1 aliphatic heterocycles. The Hall–Kier alpha value is -2.83. The number of amides is 1. The highest BCUT2D eigenvalue weighted by Crippen LogP contribution is 2.41. The summed E-state index contributed by atoms with van der Waals surface area (Å²) in [6, 6.07) is 14.6. The Morgan fingerprint density at radius 2 is 2.03 bits per heavy atom. The van der Waals surface area contributed by atoms with Gasteiger partial charge in [0.25, 0.3) is 5.91 Å². The number of hydrogen-bond acceptors (Lipinski definition) is 5. The lowest BCUT2D eigenvalue weighted by Gasteiger charge is -2.09. The first kappa shape index (κ1) is 19.5. The molecule has 0 radical (unpaired) electrons. The van der Waals surface area contributed by atoms with Gasteiger partial charge in [0, 0.05) is 28.4 Å². The lowest BCUT2D eigenvalue weighted by molar-refractivity contribution is 0.0600. The van der Waals surface area contributed by atoms with Crippen molar-refractivity contribution in [1.82, 2.24) is 5.32 Å². The first-order valence-corrected chi connectivity index (χ1v) is 10.3. The fourth-order valence-electron chi connectivity index (χ4n) is 3.20. The molecule has 1 N–H and O–H groups in total. The summed E-state index contributed by atoms with van der Waals surface area (Å²) in [5.74, 6) is 0.0693. The van der Waals surface area contributed by atoms with Crippen molar-refractivity contribution in [3.63, 3.8) is 0 Å². The van der Waals surface area contributed by atoms with Crippen molar-refractivity contribution in [3.05, 3.63) is 75.1 Å². The Bertz CT molecular complexity index is 1090. The minimum Gasteiger partial charge on any atom is -0.493 e. The number of halogens is 1. The molecule has 5 nitrogen and oxygen atoms in total. The van der Waals surface area contributed by atoms with Gasteiger partial charge in [0.05, 0.1) is 24.2 Å². The highest BCUT2D eigenvalue weighted by molar-refractivity contribution is 7.17. The average molecular weight is 428 g/mol. The number of methoxy groups -OCH3 is 1. The molecule has 0 bridgehead atoms. The molecular formula is C22H18ClNO4S. The van der Waals surface area contributed by atoms with Gasteiger partial charge in [-0.3, -0.25) is 4.79 Å². The molecule has 1 amide bonds. The number of fused-ring (bicyclic) bond motifs is 3. The molecule has 0 saturated carbocycles. The summed E-state index contributed by atoms with van der Waals surface area (Å²) in [5, 5.41) is 3.56. The van der Waals surface area contributed by atoms with Crippen LogP contribution in [0.3, 0.4) is 0 Å². The summed E-state index contributed by atoms with van der Waals surface area (Å²) >= 11 is 7.58. The van der Waals surface area contributed by atoms with Crippen LogP contribution >= 0.6 is 22.9 Å². The largest absolute Gasteiger partial charge is 0.493 e. The molecule has 0 aliphatic carbocycles. The van der Waals surface area contributed by atoms with Crippen LogP contribution in [-0.2, 0) is 17.7 Å². The van der Waals surface area contributed by atoms with Gasteiger partial charge in [0.1, 0.15) is 5.75 Å². The number of carbonyl (C=O) groups is 2. The molecule has 29 heavy (non-hydrogen) atoms. The van der Waals surface area contributed by atoms with Crippen LogP contribution in [0.2, 0.25) is 5.02 Å². The van der Waals surface area contributed by atoms with Crippen LogP contribution in [-0.4, -0.2) is 25.6 Å². The highest BCUT2D eigenvalue weighted by atomic mass is 35.5. The summed E-state index contributed by atoms with van der Waals surface area (Å²) in [6.07, 6.45) is 0.686. The Morgan fingerprint density at radius 3 is 2.83 bits per heavy atom. The number of hydrogen-bond donors (Lipinski definition) is 1. The van der Waals surface area contributed by atoms with Crippen molar-refractivity contribution in [2.24, 2.45) is 0 Å². The van der Waals surface area contributed by atoms with Gasteiger partial charge in [-0.05, 0) is 41.5 Å². The lowest BCUT2D eigenvalue weighted by atomic mass is 10.1. The summed E-state index contributed by atoms with van der Waals surface area (Å²) < 4.78 is 10.6. The van der Waals surface area contributed by atoms with Gasteiger partial charge >= 0.3 is 5.97 Å². The van der Waals surface area contributed by atoms with Crippen molar-refractivity contribution in [2.75, 3.05) is 13.7 Å². The Morgan fingerprint density at radius 1 is 1.21 bits per heavy atom. The van der Waals surface area contributed by atoms with Crippen molar-refractivity contribution in [3.8, 4) is 16.2 Å². The van der Waals surface area contributed by atoms with Gasteiger partial charge in [-0.2, -0.15) is 0 Å². The first-order valence-electron chi connectivity index (χ1n) is 9.06. The van der Waals surface area contributed by atoms with Crippen LogP contribution in [0.15, 0.2) is 48.5 Å². The Balaban J connectivity index is 1.59. The normalized spacial score (nSPS) is 12.2. The molecule has 0 atom stereocenters. The van der Waals surface area contributed by atoms with E-state index in [1.807, 2.05) is 30.3 Å². The van der Waals surface area contributed by atoms with E-state index >= 15 is 0 Å². The third kappa shape index (κ3) is 3.99. The van der Waals surface area contributed by atoms with E-state index in [4.69, 9.17) is 21.1 Å². The molecule has 7 heteroatoms. The van der Waals surface area contributed by atoms with Gasteiger partial charge < -0.3 is 14.8 Å². The van der Waals surface area contributed by atoms with E-state index in [9.17, 15) is 9.59 Å². The second kappa shape index (κ2) is 8.27. The second-order valence-electron chi connectivity index (χ2n) is 6.54. The van der Waals surface area contributed by atoms with Crippen molar-refractivity contribution >= 4 is 34.8 Å². The lowest BCUT2D eigenvalue weighted by Crippen LogP contribution is -2.21. The average Bonchev–Trinajstić information content (AvgIpc) is 3.09. The van der Waals surface area contributed by atoms with Crippen molar-refractivity contribution in [2.45, 2.75) is 13.0 Å². The zero-order valence-electron chi connectivity index (χ0n) is 15.7. The number of carbonyl (C=O) groups excluding carboxylic acids is 2. The van der Waals surface area contributed by atoms with Gasteiger partial charge in [-0.1, -0.05) is 29.8 Å². The van der Waals surface area contributed by atoms with E-state index in [2.05, 4.69) is 5.32 Å². The monoisotopic (exact) mass is 427 g/mol. The van der Waals surface area contributed by atoms with Crippen LogP contribution in [0.5, 0.6) is 5.75 Å². The maximum Gasteiger partial charge on any atom is 0.337 e. The standard InChI is InChI=1S/C22H18ClNO4S/c1-27-22(26)14-6-7-16-18(10-14)28-9-8-13-11-19(29-20(13)16)21(25)24-12-15-4-2-3-5-17(15)23/h2-7,10-11H,8-9,12H2,1H3,(H,24,25). The summed E-state index contributed by atoms with van der Waals surface area (Å²) in [4.78, 5) is 26.1. The number of rotatable bonds is 4. The van der Waals surface area contributed by atoms with E-state index < -0.39 is 5.97 Å². The van der Waals surface area contributed by atoms with Crippen molar-refractivity contribution < 1.29 is 19.1 Å². The zero-order chi connectivity index (χ0) is 20.4. The smallest absolute Gasteiger partial charge is 0.337 e. The van der Waals surface area contributed by atoms with E-state index in [-0.39, 0.29) is 5.91 Å². The van der Waals surface area contributed by atoms with Crippen LogP contribution in [0, 0.1) is 0 Å². The van der Waals surface area contributed by atoms with Crippen LogP contribution in [0.4, 0.5) is 0 Å². The Kier molecular flexibility index (Phi) is 5.56. The molecule has 4 rings (SSSR count). The molecule has 2 aromatic carbocycles. The van der Waals surface area contributed by atoms with Crippen LogP contribution in [0.25, 0.3) is 10.4 Å². The van der Waals surface area contributed by atoms with Crippen LogP contribution < -0.4 is 10.1 Å². The minimum absolute atomic E-state index is 0.142. The molecule has 1 aliphatic rings. The van der Waals surface area contributed by atoms with Gasteiger partial charge in [-0.15, -0.1) is 11.3 Å². The molecular weight excluding hydrogens is 410 g/mol.